The lowest BCUT2D eigenvalue weighted by Crippen LogP contribution is -2.30. The van der Waals surface area contributed by atoms with E-state index in [1.807, 2.05) is 0 Å². The second-order valence-electron chi connectivity index (χ2n) is 18.5. The third-order valence-electron chi connectivity index (χ3n) is 12.1. The molecule has 0 fully saturated rings. The number of hydrogen-bond acceptors (Lipinski definition) is 6. The van der Waals surface area contributed by atoms with Gasteiger partial charge in [-0.2, -0.15) is 0 Å². The number of hydrogen-bond donors (Lipinski definition) is 0. The van der Waals surface area contributed by atoms with E-state index in [0.717, 1.165) is 89.9 Å². The molecule has 0 N–H and O–H groups in total. The van der Waals surface area contributed by atoms with E-state index in [1.54, 1.807) is 0 Å². The molecule has 0 aromatic carbocycles. The first kappa shape index (κ1) is 60.6. The van der Waals surface area contributed by atoms with E-state index in [0.29, 0.717) is 19.3 Å². The highest BCUT2D eigenvalue weighted by Crippen LogP contribution is 2.16. The van der Waals surface area contributed by atoms with Crippen LogP contribution in [0, 0.1) is 0 Å². The molecule has 0 aliphatic carbocycles. The minimum atomic E-state index is -0.779. The van der Waals surface area contributed by atoms with Crippen molar-refractivity contribution in [2.75, 3.05) is 13.2 Å². The van der Waals surface area contributed by atoms with E-state index in [9.17, 15) is 14.4 Å². The third kappa shape index (κ3) is 50.5. The Morgan fingerprint density at radius 1 is 0.317 bits per heavy atom. The smallest absolute Gasteiger partial charge is 0.306 e. The zero-order chi connectivity index (χ0) is 45.8. The summed E-state index contributed by atoms with van der Waals surface area (Å²) in [6.45, 7) is 6.62. The lowest BCUT2D eigenvalue weighted by atomic mass is 10.0. The van der Waals surface area contributed by atoms with Crippen LogP contribution in [-0.2, 0) is 28.6 Å². The molecule has 0 saturated carbocycles. The summed E-state index contributed by atoms with van der Waals surface area (Å²) >= 11 is 0. The number of rotatable bonds is 50. The molecule has 0 spiro atoms. The van der Waals surface area contributed by atoms with Crippen LogP contribution in [0.3, 0.4) is 0 Å². The van der Waals surface area contributed by atoms with Gasteiger partial charge in [0.1, 0.15) is 13.2 Å². The summed E-state index contributed by atoms with van der Waals surface area (Å²) in [5.41, 5.74) is 0. The maximum absolute atomic E-state index is 12.8. The van der Waals surface area contributed by atoms with Crippen LogP contribution in [0.15, 0.2) is 36.5 Å². The molecule has 6 heteroatoms. The van der Waals surface area contributed by atoms with E-state index in [2.05, 4.69) is 57.2 Å². The monoisotopic (exact) mass is 885 g/mol. The molecule has 0 rings (SSSR count). The van der Waals surface area contributed by atoms with Gasteiger partial charge in [0, 0.05) is 19.3 Å². The Hall–Kier alpha value is -2.37. The number of unbranched alkanes of at least 4 members (excludes halogenated alkanes) is 33. The Balaban J connectivity index is 4.37. The Morgan fingerprint density at radius 3 is 0.921 bits per heavy atom. The van der Waals surface area contributed by atoms with Gasteiger partial charge in [-0.25, -0.2) is 0 Å². The van der Waals surface area contributed by atoms with Gasteiger partial charge in [-0.1, -0.05) is 231 Å². The molecule has 1 unspecified atom stereocenters. The van der Waals surface area contributed by atoms with Crippen LogP contribution in [-0.4, -0.2) is 37.2 Å². The maximum Gasteiger partial charge on any atom is 0.306 e. The van der Waals surface area contributed by atoms with Crippen molar-refractivity contribution in [1.82, 2.24) is 0 Å². The van der Waals surface area contributed by atoms with Gasteiger partial charge in [-0.3, -0.25) is 14.4 Å². The molecule has 0 aromatic heterocycles. The predicted molar refractivity (Wildman–Crippen MR) is 270 cm³/mol. The second-order valence-corrected chi connectivity index (χ2v) is 18.5. The predicted octanol–water partition coefficient (Wildman–Crippen LogP) is 18.1. The van der Waals surface area contributed by atoms with Gasteiger partial charge in [-0.05, 0) is 77.0 Å². The second kappa shape index (κ2) is 52.3. The van der Waals surface area contributed by atoms with Crippen molar-refractivity contribution in [2.45, 2.75) is 297 Å². The average molecular weight is 885 g/mol. The number of esters is 3. The van der Waals surface area contributed by atoms with Crippen LogP contribution in [0.1, 0.15) is 290 Å². The van der Waals surface area contributed by atoms with Gasteiger partial charge in [0.05, 0.1) is 0 Å². The topological polar surface area (TPSA) is 78.9 Å². The van der Waals surface area contributed by atoms with Crippen LogP contribution >= 0.6 is 0 Å². The third-order valence-corrected chi connectivity index (χ3v) is 12.1. The van der Waals surface area contributed by atoms with Gasteiger partial charge in [0.25, 0.3) is 0 Å². The van der Waals surface area contributed by atoms with Gasteiger partial charge in [-0.15, -0.1) is 0 Å². The van der Waals surface area contributed by atoms with Crippen LogP contribution < -0.4 is 0 Å². The van der Waals surface area contributed by atoms with Crippen molar-refractivity contribution in [2.24, 2.45) is 0 Å². The summed E-state index contributed by atoms with van der Waals surface area (Å²) in [7, 11) is 0. The van der Waals surface area contributed by atoms with E-state index in [-0.39, 0.29) is 31.1 Å². The van der Waals surface area contributed by atoms with Crippen molar-refractivity contribution in [3.05, 3.63) is 36.5 Å². The molecule has 0 aliphatic rings. The Kier molecular flexibility index (Phi) is 50.3. The molecule has 0 heterocycles. The molecule has 6 nitrogen and oxygen atoms in total. The van der Waals surface area contributed by atoms with Crippen molar-refractivity contribution >= 4 is 17.9 Å². The molecular formula is C57H104O6. The Morgan fingerprint density at radius 2 is 0.571 bits per heavy atom. The SMILES string of the molecule is CCCCC/C=C\C/C=C\CCCCCCCC(=O)OC(COC(=O)CCCCCCC/C=C\CCCCCCC)COC(=O)CCCCCCCCCCCCCCCCCC. The van der Waals surface area contributed by atoms with Crippen molar-refractivity contribution < 1.29 is 28.6 Å². The standard InChI is InChI=1S/C57H104O6/c1-4-7-10-13-16-19-22-25-28-30-32-35-38-41-44-47-50-56(59)62-53-54(52-61-55(58)49-46-43-40-37-34-31-27-24-21-18-15-12-9-6-3)63-57(60)51-48-45-42-39-36-33-29-26-23-20-17-14-11-8-5-2/h17,20,24,26-27,29,54H,4-16,18-19,21-23,25,28,30-53H2,1-3H3/b20-17-,27-24-,29-26-. The fourth-order valence-corrected chi connectivity index (χ4v) is 7.94. The molecule has 0 aliphatic heterocycles. The molecule has 0 radical (unpaired) electrons. The molecule has 0 saturated heterocycles. The van der Waals surface area contributed by atoms with Gasteiger partial charge in [0.2, 0.25) is 0 Å². The van der Waals surface area contributed by atoms with Gasteiger partial charge in [0.15, 0.2) is 6.10 Å². The normalized spacial score (nSPS) is 12.2. The summed E-state index contributed by atoms with van der Waals surface area (Å²) < 4.78 is 16.8. The lowest BCUT2D eigenvalue weighted by Gasteiger charge is -2.18. The van der Waals surface area contributed by atoms with Gasteiger partial charge >= 0.3 is 17.9 Å². The zero-order valence-corrected chi connectivity index (χ0v) is 42.1. The molecule has 368 valence electrons. The highest BCUT2D eigenvalue weighted by Gasteiger charge is 2.19. The average Bonchev–Trinajstić information content (AvgIpc) is 3.28. The van der Waals surface area contributed by atoms with Crippen molar-refractivity contribution in [3.63, 3.8) is 0 Å². The Labute approximate surface area is 391 Å². The van der Waals surface area contributed by atoms with Gasteiger partial charge < -0.3 is 14.2 Å². The number of carbonyl (C=O) groups is 3. The van der Waals surface area contributed by atoms with Crippen LogP contribution in [0.4, 0.5) is 0 Å². The number of allylic oxidation sites excluding steroid dienone is 6. The van der Waals surface area contributed by atoms with Crippen molar-refractivity contribution in [3.8, 4) is 0 Å². The zero-order valence-electron chi connectivity index (χ0n) is 42.1. The summed E-state index contributed by atoms with van der Waals surface area (Å²) in [6.07, 6.45) is 61.2. The molecule has 63 heavy (non-hydrogen) atoms. The van der Waals surface area contributed by atoms with E-state index >= 15 is 0 Å². The fourth-order valence-electron chi connectivity index (χ4n) is 7.94. The van der Waals surface area contributed by atoms with Crippen molar-refractivity contribution in [1.29, 1.82) is 0 Å². The quantitative estimate of drug-likeness (QED) is 0.0262. The minimum Gasteiger partial charge on any atom is -0.462 e. The van der Waals surface area contributed by atoms with E-state index < -0.39 is 6.10 Å². The highest BCUT2D eigenvalue weighted by molar-refractivity contribution is 5.71. The number of ether oxygens (including phenoxy) is 3. The molecule has 1 atom stereocenters. The first-order chi connectivity index (χ1) is 31.0. The van der Waals surface area contributed by atoms with Crippen LogP contribution in [0.5, 0.6) is 0 Å². The maximum atomic E-state index is 12.8. The van der Waals surface area contributed by atoms with E-state index in [4.69, 9.17) is 14.2 Å². The first-order valence-electron chi connectivity index (χ1n) is 27.5. The van der Waals surface area contributed by atoms with Crippen LogP contribution in [0.2, 0.25) is 0 Å². The lowest BCUT2D eigenvalue weighted by molar-refractivity contribution is -0.167. The van der Waals surface area contributed by atoms with Crippen LogP contribution in [0.25, 0.3) is 0 Å². The minimum absolute atomic E-state index is 0.0772. The molecule has 0 amide bonds. The first-order valence-corrected chi connectivity index (χ1v) is 27.5. The largest absolute Gasteiger partial charge is 0.462 e. The molecular weight excluding hydrogens is 781 g/mol. The molecule has 0 aromatic rings. The fraction of sp³-hybridized carbons (Fsp3) is 0.842. The summed E-state index contributed by atoms with van der Waals surface area (Å²) in [5.74, 6) is -0.886. The Bertz CT molecular complexity index is 1060. The molecule has 0 bridgehead atoms. The summed E-state index contributed by atoms with van der Waals surface area (Å²) in [5, 5.41) is 0. The number of carbonyl (C=O) groups excluding carboxylic acids is 3. The summed E-state index contributed by atoms with van der Waals surface area (Å²) in [6, 6.07) is 0. The van der Waals surface area contributed by atoms with E-state index in [1.165, 1.54) is 161 Å². The highest BCUT2D eigenvalue weighted by atomic mass is 16.6. The summed E-state index contributed by atoms with van der Waals surface area (Å²) in [4.78, 5) is 38.0.